The van der Waals surface area contributed by atoms with Crippen LogP contribution < -0.4 is 5.32 Å². The predicted octanol–water partition coefficient (Wildman–Crippen LogP) is 1.78. The van der Waals surface area contributed by atoms with Crippen molar-refractivity contribution in [3.05, 3.63) is 11.7 Å². The fourth-order valence-electron chi connectivity index (χ4n) is 2.23. The summed E-state index contributed by atoms with van der Waals surface area (Å²) in [5, 5.41) is 6.56. The number of likely N-dealkylation sites (N-methyl/N-ethyl adjacent to an activating group) is 1. The standard InChI is InChI=1S/C11H17F3N4O.ClH/c1-15-8-3-2-4-18(6-8)7-10-16-9(17-19-10)5-11(12,13)14;/h8,15H,2-7H2,1H3;1H. The van der Waals surface area contributed by atoms with Gasteiger partial charge in [0.05, 0.1) is 6.54 Å². The molecule has 1 aliphatic rings. The minimum absolute atomic E-state index is 0. The van der Waals surface area contributed by atoms with Crippen molar-refractivity contribution >= 4 is 12.4 Å². The highest BCUT2D eigenvalue weighted by Gasteiger charge is 2.31. The molecule has 116 valence electrons. The molecule has 0 amide bonds. The molecular formula is C11H18ClF3N4O. The highest BCUT2D eigenvalue weighted by Crippen LogP contribution is 2.20. The van der Waals surface area contributed by atoms with Gasteiger partial charge in [0.1, 0.15) is 6.42 Å². The highest BCUT2D eigenvalue weighted by atomic mass is 35.5. The van der Waals surface area contributed by atoms with Crippen LogP contribution >= 0.6 is 12.4 Å². The Balaban J connectivity index is 0.00000200. The Morgan fingerprint density at radius 2 is 2.20 bits per heavy atom. The molecule has 1 saturated heterocycles. The van der Waals surface area contributed by atoms with Gasteiger partial charge in [-0.3, -0.25) is 4.90 Å². The fraction of sp³-hybridized carbons (Fsp3) is 0.818. The molecule has 1 atom stereocenters. The minimum atomic E-state index is -4.30. The maximum Gasteiger partial charge on any atom is 0.396 e. The van der Waals surface area contributed by atoms with Gasteiger partial charge in [0, 0.05) is 12.6 Å². The molecule has 2 rings (SSSR count). The molecule has 5 nitrogen and oxygen atoms in total. The summed E-state index contributed by atoms with van der Waals surface area (Å²) in [6, 6.07) is 0.409. The first-order valence-electron chi connectivity index (χ1n) is 6.24. The molecule has 1 aromatic rings. The van der Waals surface area contributed by atoms with Crippen LogP contribution in [-0.2, 0) is 13.0 Å². The summed E-state index contributed by atoms with van der Waals surface area (Å²) in [6.07, 6.45) is -3.29. The van der Waals surface area contributed by atoms with Crippen molar-refractivity contribution in [1.29, 1.82) is 0 Å². The van der Waals surface area contributed by atoms with Crippen molar-refractivity contribution in [2.24, 2.45) is 0 Å². The average molecular weight is 315 g/mol. The Morgan fingerprint density at radius 3 is 2.85 bits per heavy atom. The highest BCUT2D eigenvalue weighted by molar-refractivity contribution is 5.85. The fourth-order valence-corrected chi connectivity index (χ4v) is 2.23. The quantitative estimate of drug-likeness (QED) is 0.918. The third-order valence-corrected chi connectivity index (χ3v) is 3.14. The molecule has 1 N–H and O–H groups in total. The average Bonchev–Trinajstić information content (AvgIpc) is 2.74. The van der Waals surface area contributed by atoms with Gasteiger partial charge < -0.3 is 9.84 Å². The smallest absolute Gasteiger partial charge is 0.338 e. The SMILES string of the molecule is CNC1CCCN(Cc2nc(CC(F)(F)F)no2)C1.Cl. The summed E-state index contributed by atoms with van der Waals surface area (Å²) >= 11 is 0. The number of rotatable bonds is 4. The van der Waals surface area contributed by atoms with Crippen molar-refractivity contribution in [1.82, 2.24) is 20.4 Å². The second kappa shape index (κ2) is 7.24. The number of hydrogen-bond acceptors (Lipinski definition) is 5. The second-order valence-corrected chi connectivity index (χ2v) is 4.76. The lowest BCUT2D eigenvalue weighted by Crippen LogP contribution is -2.43. The van der Waals surface area contributed by atoms with E-state index in [1.807, 2.05) is 7.05 Å². The van der Waals surface area contributed by atoms with Gasteiger partial charge in [-0.05, 0) is 26.4 Å². The van der Waals surface area contributed by atoms with Crippen LogP contribution in [0.15, 0.2) is 4.52 Å². The monoisotopic (exact) mass is 314 g/mol. The van der Waals surface area contributed by atoms with E-state index in [4.69, 9.17) is 4.52 Å². The van der Waals surface area contributed by atoms with E-state index in [-0.39, 0.29) is 24.1 Å². The zero-order chi connectivity index (χ0) is 13.9. The van der Waals surface area contributed by atoms with Crippen molar-refractivity contribution in [3.63, 3.8) is 0 Å². The molecule has 2 heterocycles. The van der Waals surface area contributed by atoms with E-state index in [1.54, 1.807) is 0 Å². The van der Waals surface area contributed by atoms with Crippen LogP contribution in [0.3, 0.4) is 0 Å². The Kier molecular flexibility index (Phi) is 6.22. The first kappa shape index (κ1) is 17.2. The van der Waals surface area contributed by atoms with Crippen molar-refractivity contribution < 1.29 is 17.7 Å². The third-order valence-electron chi connectivity index (χ3n) is 3.14. The normalized spacial score (nSPS) is 20.7. The molecule has 0 aliphatic carbocycles. The van der Waals surface area contributed by atoms with Crippen LogP contribution in [0.25, 0.3) is 0 Å². The van der Waals surface area contributed by atoms with Gasteiger partial charge in [-0.2, -0.15) is 18.2 Å². The minimum Gasteiger partial charge on any atom is -0.338 e. The first-order chi connectivity index (χ1) is 8.96. The number of alkyl halides is 3. The van der Waals surface area contributed by atoms with E-state index in [2.05, 4.69) is 20.4 Å². The number of piperidine rings is 1. The molecule has 0 radical (unpaired) electrons. The number of likely N-dealkylation sites (tertiary alicyclic amines) is 1. The molecule has 1 fully saturated rings. The number of aromatic nitrogens is 2. The maximum atomic E-state index is 12.2. The Bertz CT molecular complexity index is 413. The number of nitrogens with one attached hydrogen (secondary N) is 1. The lowest BCUT2D eigenvalue weighted by molar-refractivity contribution is -0.128. The molecule has 20 heavy (non-hydrogen) atoms. The molecule has 1 aliphatic heterocycles. The number of hydrogen-bond donors (Lipinski definition) is 1. The van der Waals surface area contributed by atoms with Crippen LogP contribution in [0.5, 0.6) is 0 Å². The Hall–Kier alpha value is -0.860. The van der Waals surface area contributed by atoms with Crippen molar-refractivity contribution in [3.8, 4) is 0 Å². The largest absolute Gasteiger partial charge is 0.396 e. The molecule has 0 bridgehead atoms. The Labute approximate surface area is 121 Å². The third kappa shape index (κ3) is 5.26. The summed E-state index contributed by atoms with van der Waals surface area (Å²) < 4.78 is 41.4. The van der Waals surface area contributed by atoms with E-state index in [9.17, 15) is 13.2 Å². The van der Waals surface area contributed by atoms with Crippen LogP contribution in [0.1, 0.15) is 24.6 Å². The molecule has 0 spiro atoms. The van der Waals surface area contributed by atoms with Gasteiger partial charge in [0.2, 0.25) is 5.89 Å². The van der Waals surface area contributed by atoms with Crippen LogP contribution in [0.4, 0.5) is 13.2 Å². The zero-order valence-electron chi connectivity index (χ0n) is 11.1. The van der Waals surface area contributed by atoms with Gasteiger partial charge >= 0.3 is 6.18 Å². The topological polar surface area (TPSA) is 54.2 Å². The number of halogens is 4. The predicted molar refractivity (Wildman–Crippen MR) is 68.7 cm³/mol. The summed E-state index contributed by atoms with van der Waals surface area (Å²) in [6.45, 7) is 2.14. The van der Waals surface area contributed by atoms with E-state index in [0.717, 1.165) is 25.9 Å². The molecule has 0 saturated carbocycles. The van der Waals surface area contributed by atoms with E-state index >= 15 is 0 Å². The van der Waals surface area contributed by atoms with Crippen molar-refractivity contribution in [2.45, 2.75) is 38.0 Å². The summed E-state index contributed by atoms with van der Waals surface area (Å²) in [5.74, 6) is -0.0549. The van der Waals surface area contributed by atoms with E-state index < -0.39 is 12.6 Å². The second-order valence-electron chi connectivity index (χ2n) is 4.76. The van der Waals surface area contributed by atoms with Gasteiger partial charge in [0.15, 0.2) is 5.82 Å². The van der Waals surface area contributed by atoms with E-state index in [0.29, 0.717) is 12.6 Å². The summed E-state index contributed by atoms with van der Waals surface area (Å²) in [4.78, 5) is 5.89. The van der Waals surface area contributed by atoms with Gasteiger partial charge in [-0.15, -0.1) is 12.4 Å². The van der Waals surface area contributed by atoms with Gasteiger partial charge in [-0.25, -0.2) is 0 Å². The van der Waals surface area contributed by atoms with Gasteiger partial charge in [-0.1, -0.05) is 5.16 Å². The first-order valence-corrected chi connectivity index (χ1v) is 6.24. The molecule has 9 heteroatoms. The molecule has 1 unspecified atom stereocenters. The van der Waals surface area contributed by atoms with Crippen molar-refractivity contribution in [2.75, 3.05) is 20.1 Å². The lowest BCUT2D eigenvalue weighted by Gasteiger charge is -2.31. The maximum absolute atomic E-state index is 12.2. The summed E-state index contributed by atoms with van der Waals surface area (Å²) in [5.41, 5.74) is 0. The summed E-state index contributed by atoms with van der Waals surface area (Å²) in [7, 11) is 1.91. The van der Waals surface area contributed by atoms with Crippen LogP contribution in [0, 0.1) is 0 Å². The Morgan fingerprint density at radius 1 is 1.45 bits per heavy atom. The zero-order valence-corrected chi connectivity index (χ0v) is 11.9. The molecule has 0 aromatic carbocycles. The lowest BCUT2D eigenvalue weighted by atomic mass is 10.1. The molecule has 1 aromatic heterocycles. The van der Waals surface area contributed by atoms with Gasteiger partial charge in [0.25, 0.3) is 0 Å². The van der Waals surface area contributed by atoms with Crippen LogP contribution in [0.2, 0.25) is 0 Å². The van der Waals surface area contributed by atoms with E-state index in [1.165, 1.54) is 0 Å². The molecular weight excluding hydrogens is 297 g/mol. The number of nitrogens with zero attached hydrogens (tertiary/aromatic N) is 3. The van der Waals surface area contributed by atoms with Crippen LogP contribution in [-0.4, -0.2) is 47.4 Å².